The van der Waals surface area contributed by atoms with Crippen LogP contribution in [0.4, 0.5) is 5.69 Å². The molecule has 0 spiro atoms. The number of amides is 2. The Labute approximate surface area is 188 Å². The third-order valence-corrected chi connectivity index (χ3v) is 6.31. The normalized spacial score (nSPS) is 21.5. The van der Waals surface area contributed by atoms with Gasteiger partial charge in [0.05, 0.1) is 54.8 Å². The van der Waals surface area contributed by atoms with Crippen molar-refractivity contribution in [3.8, 4) is 17.3 Å². The third-order valence-electron chi connectivity index (χ3n) is 6.31. The Morgan fingerprint density at radius 2 is 2.06 bits per heavy atom. The molecule has 5 rings (SSSR count). The van der Waals surface area contributed by atoms with Crippen molar-refractivity contribution in [2.45, 2.75) is 13.0 Å². The Balaban J connectivity index is 1.47. The summed E-state index contributed by atoms with van der Waals surface area (Å²) in [5.41, 5.74) is 7.11. The van der Waals surface area contributed by atoms with Crippen molar-refractivity contribution >= 4 is 23.1 Å². The molecule has 0 aromatic carbocycles. The highest BCUT2D eigenvalue weighted by molar-refractivity contribution is 6.01. The van der Waals surface area contributed by atoms with Crippen molar-refractivity contribution in [3.63, 3.8) is 0 Å². The van der Waals surface area contributed by atoms with Crippen LogP contribution in [-0.4, -0.2) is 73.4 Å². The summed E-state index contributed by atoms with van der Waals surface area (Å²) in [5, 5.41) is 21.3. The number of aryl methyl sites for hydroxylation is 1. The molecule has 12 nitrogen and oxygen atoms in total. The van der Waals surface area contributed by atoms with Crippen LogP contribution in [0.3, 0.4) is 0 Å². The Morgan fingerprint density at radius 3 is 2.67 bits per heavy atom. The highest BCUT2D eigenvalue weighted by atomic mass is 16.5. The van der Waals surface area contributed by atoms with Gasteiger partial charge in [-0.1, -0.05) is 6.92 Å². The fourth-order valence-electron chi connectivity index (χ4n) is 4.31. The number of hydrogen-bond acceptors (Lipinski definition) is 8. The van der Waals surface area contributed by atoms with Gasteiger partial charge in [0.1, 0.15) is 0 Å². The maximum atomic E-state index is 13.0. The van der Waals surface area contributed by atoms with E-state index in [1.165, 1.54) is 6.20 Å². The van der Waals surface area contributed by atoms with Crippen LogP contribution in [-0.2, 0) is 16.6 Å². The zero-order chi connectivity index (χ0) is 23.3. The number of nitrogens with one attached hydrogen (secondary N) is 1. The topological polar surface area (TPSA) is 156 Å². The second kappa shape index (κ2) is 7.56. The van der Waals surface area contributed by atoms with Gasteiger partial charge < -0.3 is 20.7 Å². The Kier molecular flexibility index (Phi) is 4.79. The van der Waals surface area contributed by atoms with Crippen molar-refractivity contribution in [2.75, 3.05) is 31.6 Å². The van der Waals surface area contributed by atoms with E-state index in [1.807, 2.05) is 20.2 Å². The monoisotopic (exact) mass is 449 g/mol. The van der Waals surface area contributed by atoms with Gasteiger partial charge in [-0.15, -0.1) is 0 Å². The molecule has 170 valence electrons. The summed E-state index contributed by atoms with van der Waals surface area (Å²) in [5.74, 6) is -0.790. The number of nitriles is 1. The number of nitrogens with zero attached hydrogens (tertiary/aromatic N) is 7. The molecular weight excluding hydrogens is 426 g/mol. The van der Waals surface area contributed by atoms with Crippen LogP contribution in [0.2, 0.25) is 0 Å². The van der Waals surface area contributed by atoms with Gasteiger partial charge in [-0.25, -0.2) is 9.50 Å². The van der Waals surface area contributed by atoms with Crippen LogP contribution in [0.15, 0.2) is 24.8 Å². The molecule has 5 heterocycles. The highest BCUT2D eigenvalue weighted by Crippen LogP contribution is 2.33. The molecular formula is C21H23N9O3. The maximum Gasteiger partial charge on any atom is 0.252 e. The van der Waals surface area contributed by atoms with Gasteiger partial charge in [0.25, 0.3) is 5.91 Å². The first-order valence-electron chi connectivity index (χ1n) is 10.5. The first kappa shape index (κ1) is 20.9. The van der Waals surface area contributed by atoms with Gasteiger partial charge in [-0.2, -0.15) is 15.5 Å². The van der Waals surface area contributed by atoms with Crippen molar-refractivity contribution in [1.82, 2.24) is 29.3 Å². The molecule has 2 fully saturated rings. The Morgan fingerprint density at radius 1 is 1.27 bits per heavy atom. The minimum absolute atomic E-state index is 0.0624. The molecule has 33 heavy (non-hydrogen) atoms. The molecule has 2 saturated heterocycles. The number of hydrogen-bond donors (Lipinski definition) is 2. The number of carbonyl (C=O) groups excluding carboxylic acids is 2. The SMILES string of the molecule is C[C@H]1CN(C(=O)C2(C#N)COC2)C[C@H]1Nc1c(C(N)=O)cnn2cc(-c3cnn(C)c3)nc12. The second-order valence-corrected chi connectivity index (χ2v) is 8.72. The predicted octanol–water partition coefficient (Wildman–Crippen LogP) is 0.0277. The molecule has 0 aliphatic carbocycles. The Hall–Kier alpha value is -3.98. The minimum Gasteiger partial charge on any atom is -0.377 e. The summed E-state index contributed by atoms with van der Waals surface area (Å²) < 4.78 is 8.38. The number of anilines is 1. The fourth-order valence-corrected chi connectivity index (χ4v) is 4.31. The molecule has 2 atom stereocenters. The van der Waals surface area contributed by atoms with Gasteiger partial charge in [0.15, 0.2) is 11.1 Å². The lowest BCUT2D eigenvalue weighted by Crippen LogP contribution is -2.54. The van der Waals surface area contributed by atoms with Gasteiger partial charge in [-0.05, 0) is 5.92 Å². The van der Waals surface area contributed by atoms with Crippen LogP contribution in [0, 0.1) is 22.7 Å². The number of nitrogens with two attached hydrogens (primary N) is 1. The number of fused-ring (bicyclic) bond motifs is 1. The first-order chi connectivity index (χ1) is 15.8. The standard InChI is InChI=1S/C21H23N9O3/c1-12-5-29(20(32)21(9-22)10-33-11-21)7-15(12)26-17-14(18(23)31)4-25-30-8-16(27-19(17)30)13-3-24-28(2)6-13/h3-4,6,8,12,15,26H,5,7,10-11H2,1-2H3,(H2,23,31)/t12-,15+/m0/s1. The molecule has 0 unspecified atom stereocenters. The van der Waals surface area contributed by atoms with Crippen LogP contribution < -0.4 is 11.1 Å². The van der Waals surface area contributed by atoms with E-state index in [9.17, 15) is 14.9 Å². The second-order valence-electron chi connectivity index (χ2n) is 8.72. The summed E-state index contributed by atoms with van der Waals surface area (Å²) in [6, 6.07) is 1.94. The predicted molar refractivity (Wildman–Crippen MR) is 116 cm³/mol. The lowest BCUT2D eigenvalue weighted by Gasteiger charge is -2.36. The quantitative estimate of drug-likeness (QED) is 0.552. The molecule has 0 radical (unpaired) electrons. The zero-order valence-corrected chi connectivity index (χ0v) is 18.2. The lowest BCUT2D eigenvalue weighted by molar-refractivity contribution is -0.160. The highest BCUT2D eigenvalue weighted by Gasteiger charge is 2.50. The van der Waals surface area contributed by atoms with E-state index < -0.39 is 11.3 Å². The molecule has 12 heteroatoms. The maximum absolute atomic E-state index is 13.0. The van der Waals surface area contributed by atoms with E-state index in [2.05, 4.69) is 26.6 Å². The molecule has 2 amide bonds. The van der Waals surface area contributed by atoms with Gasteiger partial charge in [0, 0.05) is 37.9 Å². The minimum atomic E-state index is -1.10. The lowest BCUT2D eigenvalue weighted by atomic mass is 9.86. The third kappa shape index (κ3) is 3.37. The van der Waals surface area contributed by atoms with E-state index in [0.717, 1.165) is 5.56 Å². The van der Waals surface area contributed by atoms with Crippen molar-refractivity contribution in [3.05, 3.63) is 30.4 Å². The van der Waals surface area contributed by atoms with Gasteiger partial charge in [0.2, 0.25) is 5.91 Å². The average Bonchev–Trinajstić information content (AvgIpc) is 3.46. The van der Waals surface area contributed by atoms with E-state index in [1.54, 1.807) is 26.5 Å². The van der Waals surface area contributed by atoms with E-state index in [0.29, 0.717) is 30.1 Å². The number of aromatic nitrogens is 5. The number of likely N-dealkylation sites (tertiary alicyclic amines) is 1. The summed E-state index contributed by atoms with van der Waals surface area (Å²) in [4.78, 5) is 31.5. The number of primary amides is 1. The number of ether oxygens (including phenoxy) is 1. The van der Waals surface area contributed by atoms with Gasteiger partial charge >= 0.3 is 0 Å². The van der Waals surface area contributed by atoms with E-state index >= 15 is 0 Å². The summed E-state index contributed by atoms with van der Waals surface area (Å²) in [6.07, 6.45) is 6.69. The van der Waals surface area contributed by atoms with Crippen LogP contribution in [0.25, 0.3) is 16.9 Å². The fraction of sp³-hybridized carbons (Fsp3) is 0.429. The van der Waals surface area contributed by atoms with E-state index in [4.69, 9.17) is 10.5 Å². The molecule has 2 aliphatic heterocycles. The molecule has 0 bridgehead atoms. The molecule has 2 aliphatic rings. The largest absolute Gasteiger partial charge is 0.377 e. The van der Waals surface area contributed by atoms with Crippen molar-refractivity contribution < 1.29 is 14.3 Å². The number of imidazole rings is 1. The zero-order valence-electron chi connectivity index (χ0n) is 18.2. The van der Waals surface area contributed by atoms with Crippen LogP contribution in [0.1, 0.15) is 17.3 Å². The summed E-state index contributed by atoms with van der Waals surface area (Å²) >= 11 is 0. The molecule has 3 N–H and O–H groups in total. The van der Waals surface area contributed by atoms with Crippen LogP contribution in [0.5, 0.6) is 0 Å². The van der Waals surface area contributed by atoms with Crippen molar-refractivity contribution in [2.24, 2.45) is 24.1 Å². The molecule has 3 aromatic heterocycles. The molecule has 0 saturated carbocycles. The van der Waals surface area contributed by atoms with Crippen molar-refractivity contribution in [1.29, 1.82) is 5.26 Å². The first-order valence-corrected chi connectivity index (χ1v) is 10.5. The summed E-state index contributed by atoms with van der Waals surface area (Å²) in [6.45, 7) is 3.12. The number of rotatable bonds is 5. The molecule has 3 aromatic rings. The summed E-state index contributed by atoms with van der Waals surface area (Å²) in [7, 11) is 1.82. The smallest absolute Gasteiger partial charge is 0.252 e. The number of carbonyl (C=O) groups is 2. The Bertz CT molecular complexity index is 1300. The van der Waals surface area contributed by atoms with Crippen LogP contribution >= 0.6 is 0 Å². The van der Waals surface area contributed by atoms with Gasteiger partial charge in [-0.3, -0.25) is 14.3 Å². The average molecular weight is 449 g/mol. The van der Waals surface area contributed by atoms with E-state index in [-0.39, 0.29) is 36.6 Å².